The first-order valence-electron chi connectivity index (χ1n) is 33.5. The first-order chi connectivity index (χ1) is 42.4. The second kappa shape index (κ2) is 30.2. The molecule has 0 saturated carbocycles. The van der Waals surface area contributed by atoms with E-state index in [9.17, 15) is 0 Å². The summed E-state index contributed by atoms with van der Waals surface area (Å²) in [6.45, 7) is 32.5. The van der Waals surface area contributed by atoms with Crippen LogP contribution in [0.25, 0.3) is 70.3 Å². The van der Waals surface area contributed by atoms with Crippen LogP contribution >= 0.6 is 114 Å². The number of thioether (sulfide) groups is 2. The van der Waals surface area contributed by atoms with Crippen molar-refractivity contribution in [1.29, 1.82) is 0 Å². The van der Waals surface area contributed by atoms with E-state index in [1.165, 1.54) is 145 Å². The summed E-state index contributed by atoms with van der Waals surface area (Å²) in [6, 6.07) is 23.8. The minimum absolute atomic E-state index is 0.00256. The SMILES string of the molecule is CCCCC(CC)CSc1ccc(-c2c3cc(C(C)(C)C)sc3c(-c3ccc(SCC(CC)CCCC)s3)c3cc(-c4ccc(-c5sc(-c6ccc(C(C)(C)C)s6)c6c5C(=O)c5c(CC(CC)CCCC)sc(CC(CC)CCCC)c5C6=O)s4)sc23)s1. The molecule has 0 amide bonds. The fraction of sp³-hybridized carbons (Fsp3) is 0.526. The van der Waals surface area contributed by atoms with Gasteiger partial charge in [-0.1, -0.05) is 187 Å². The van der Waals surface area contributed by atoms with Crippen molar-refractivity contribution in [2.75, 3.05) is 11.5 Å². The fourth-order valence-electron chi connectivity index (χ4n) is 12.6. The largest absolute Gasteiger partial charge is 0.288 e. The van der Waals surface area contributed by atoms with Crippen molar-refractivity contribution in [2.24, 2.45) is 23.7 Å². The van der Waals surface area contributed by atoms with Gasteiger partial charge in [-0.05, 0) is 121 Å². The summed E-state index contributed by atoms with van der Waals surface area (Å²) < 4.78 is 5.57. The number of benzene rings is 1. The summed E-state index contributed by atoms with van der Waals surface area (Å²) in [5.41, 5.74) is 5.45. The normalized spacial score (nSPS) is 14.4. The first-order valence-corrected chi connectivity index (χ1v) is 42.0. The second-order valence-corrected chi connectivity index (χ2v) is 38.4. The average molecular weight is 1360 g/mol. The van der Waals surface area contributed by atoms with E-state index >= 15 is 9.59 Å². The van der Waals surface area contributed by atoms with Gasteiger partial charge in [-0.15, -0.1) is 114 Å². The van der Waals surface area contributed by atoms with Gasteiger partial charge >= 0.3 is 0 Å². The average Bonchev–Trinajstić information content (AvgIpc) is 1.57. The minimum Gasteiger partial charge on any atom is -0.288 e. The molecule has 0 saturated heterocycles. The highest BCUT2D eigenvalue weighted by Crippen LogP contribution is 2.58. The van der Waals surface area contributed by atoms with E-state index in [0.717, 1.165) is 104 Å². The van der Waals surface area contributed by atoms with Gasteiger partial charge < -0.3 is 0 Å². The monoisotopic (exact) mass is 1360 g/mol. The molecule has 0 aliphatic heterocycles. The third kappa shape index (κ3) is 14.8. The van der Waals surface area contributed by atoms with Crippen molar-refractivity contribution < 1.29 is 9.59 Å². The Balaban J connectivity index is 1.14. The number of hydrogen-bond acceptors (Lipinski definition) is 12. The molecular weight excluding hydrogens is 1270 g/mol. The molecule has 10 rings (SSSR count). The second-order valence-electron chi connectivity index (χ2n) is 27.1. The zero-order valence-electron chi connectivity index (χ0n) is 55.1. The fourth-order valence-corrected chi connectivity index (χ4v) is 25.5. The summed E-state index contributed by atoms with van der Waals surface area (Å²) in [4.78, 5) is 46.4. The Hall–Kier alpha value is -2.62. The number of thiophene rings is 8. The molecule has 2 nitrogen and oxygen atoms in total. The van der Waals surface area contributed by atoms with Gasteiger partial charge in [0.05, 0.1) is 29.3 Å². The Morgan fingerprint density at radius 1 is 0.375 bits per heavy atom. The van der Waals surface area contributed by atoms with Crippen molar-refractivity contribution in [3.05, 3.63) is 102 Å². The molecule has 88 heavy (non-hydrogen) atoms. The topological polar surface area (TPSA) is 34.1 Å². The maximum Gasteiger partial charge on any atom is 0.197 e. The van der Waals surface area contributed by atoms with Crippen LogP contribution in [0.4, 0.5) is 0 Å². The number of ketones is 2. The number of carbonyl (C=O) groups excluding carboxylic acids is 2. The molecule has 0 spiro atoms. The summed E-state index contributed by atoms with van der Waals surface area (Å²) in [5, 5.41) is 2.71. The van der Waals surface area contributed by atoms with Gasteiger partial charge in [-0.2, -0.15) is 0 Å². The molecule has 1 aromatic carbocycles. The lowest BCUT2D eigenvalue weighted by Crippen LogP contribution is -2.22. The first kappa shape index (κ1) is 68.2. The summed E-state index contributed by atoms with van der Waals surface area (Å²) in [5.74, 6) is 4.91. The molecular formula is C76H96O2S10. The summed E-state index contributed by atoms with van der Waals surface area (Å²) in [7, 11) is 0. The number of unbranched alkanes of at least 4 members (excludes halogenated alkanes) is 4. The lowest BCUT2D eigenvalue weighted by atomic mass is 9.81. The van der Waals surface area contributed by atoms with E-state index in [4.69, 9.17) is 0 Å². The van der Waals surface area contributed by atoms with Crippen LogP contribution in [0.5, 0.6) is 0 Å². The van der Waals surface area contributed by atoms with Crippen molar-refractivity contribution in [3.8, 4) is 50.1 Å². The van der Waals surface area contributed by atoms with E-state index in [0.29, 0.717) is 23.0 Å². The van der Waals surface area contributed by atoms with Crippen LogP contribution in [0.3, 0.4) is 0 Å². The molecule has 1 aliphatic rings. The number of rotatable bonds is 31. The quantitative estimate of drug-likeness (QED) is 0.0406. The Bertz CT molecular complexity index is 3700. The molecule has 472 valence electrons. The molecule has 0 bridgehead atoms. The zero-order valence-corrected chi connectivity index (χ0v) is 63.3. The van der Waals surface area contributed by atoms with Crippen molar-refractivity contribution in [2.45, 2.75) is 232 Å². The third-order valence-electron chi connectivity index (χ3n) is 18.4. The van der Waals surface area contributed by atoms with Crippen LogP contribution in [0.15, 0.2) is 69.1 Å². The van der Waals surface area contributed by atoms with Gasteiger partial charge in [0.15, 0.2) is 11.6 Å². The predicted molar refractivity (Wildman–Crippen MR) is 404 cm³/mol. The highest BCUT2D eigenvalue weighted by Gasteiger charge is 2.42. The Morgan fingerprint density at radius 2 is 0.795 bits per heavy atom. The Labute approximate surface area is 569 Å². The Morgan fingerprint density at radius 3 is 1.25 bits per heavy atom. The lowest BCUT2D eigenvalue weighted by Gasteiger charge is -2.19. The maximum absolute atomic E-state index is 16.2. The smallest absolute Gasteiger partial charge is 0.197 e. The van der Waals surface area contributed by atoms with E-state index < -0.39 is 0 Å². The third-order valence-corrected chi connectivity index (χ3v) is 31.8. The van der Waals surface area contributed by atoms with Crippen LogP contribution in [0.1, 0.15) is 251 Å². The number of carbonyl (C=O) groups is 2. The predicted octanol–water partition coefficient (Wildman–Crippen LogP) is 28.3. The molecule has 0 fully saturated rings. The van der Waals surface area contributed by atoms with Gasteiger partial charge in [-0.25, -0.2) is 0 Å². The van der Waals surface area contributed by atoms with E-state index in [1.54, 1.807) is 34.0 Å². The molecule has 1 aliphatic carbocycles. The van der Waals surface area contributed by atoms with Crippen LogP contribution in [-0.2, 0) is 23.7 Å². The highest BCUT2D eigenvalue weighted by molar-refractivity contribution is 8.01. The Kier molecular flexibility index (Phi) is 23.4. The molecule has 4 unspecified atom stereocenters. The van der Waals surface area contributed by atoms with Crippen molar-refractivity contribution >= 4 is 146 Å². The molecule has 9 aromatic rings. The van der Waals surface area contributed by atoms with Gasteiger partial charge in [0.2, 0.25) is 0 Å². The molecule has 12 heteroatoms. The van der Waals surface area contributed by atoms with Crippen LogP contribution in [-0.4, -0.2) is 23.1 Å². The zero-order chi connectivity index (χ0) is 62.6. The summed E-state index contributed by atoms with van der Waals surface area (Å²) >= 11 is 19.1. The standard InChI is InChI=1S/C76H96O2S10/c1-15-23-27-45(19-5)39-57-65-66(58(82-57)40-46(20-6)28-24-16-2)70(78)68-67(69(65)77)73(88-74(68)55-33-36-59(83-55)75(9,10)11)54-32-31-51(81-54)56-41-49-63(52-34-37-61(84-52)79-43-47(21-7)29-25-17-3)72-50(42-60(87-72)76(12,13)14)64(71(49)86-56)53-35-38-62(85-53)80-44-48(22-8)30-26-18-4/h31-38,41-42,45-48H,15-30,39-40,43-44H2,1-14H3. The van der Waals surface area contributed by atoms with Crippen LogP contribution in [0, 0.1) is 23.7 Å². The molecule has 4 atom stereocenters. The van der Waals surface area contributed by atoms with E-state index in [1.807, 2.05) is 56.7 Å². The van der Waals surface area contributed by atoms with Crippen molar-refractivity contribution in [3.63, 3.8) is 0 Å². The van der Waals surface area contributed by atoms with Gasteiger partial charge in [0, 0.05) is 103 Å². The van der Waals surface area contributed by atoms with E-state index in [-0.39, 0.29) is 22.4 Å². The van der Waals surface area contributed by atoms with Gasteiger partial charge in [0.1, 0.15) is 0 Å². The highest BCUT2D eigenvalue weighted by atomic mass is 32.2. The van der Waals surface area contributed by atoms with Crippen molar-refractivity contribution in [1.82, 2.24) is 0 Å². The molecule has 0 N–H and O–H groups in total. The van der Waals surface area contributed by atoms with Gasteiger partial charge in [-0.3, -0.25) is 9.59 Å². The van der Waals surface area contributed by atoms with Crippen LogP contribution < -0.4 is 0 Å². The number of fused-ring (bicyclic) bond motifs is 4. The van der Waals surface area contributed by atoms with E-state index in [2.05, 4.69) is 181 Å². The lowest BCUT2D eigenvalue weighted by molar-refractivity contribution is 0.0980. The minimum atomic E-state index is -0.0444. The molecule has 8 aromatic heterocycles. The summed E-state index contributed by atoms with van der Waals surface area (Å²) in [6.07, 6.45) is 21.0. The molecule has 0 radical (unpaired) electrons. The van der Waals surface area contributed by atoms with Crippen LogP contribution in [0.2, 0.25) is 0 Å². The molecule has 8 heterocycles. The number of hydrogen-bond donors (Lipinski definition) is 0. The van der Waals surface area contributed by atoms with Gasteiger partial charge in [0.25, 0.3) is 0 Å². The maximum atomic E-state index is 16.2.